The summed E-state index contributed by atoms with van der Waals surface area (Å²) in [6.45, 7) is 1.12. The van der Waals surface area contributed by atoms with E-state index >= 15 is 0 Å². The van der Waals surface area contributed by atoms with Gasteiger partial charge in [0.25, 0.3) is 0 Å². The molecule has 0 bridgehead atoms. The van der Waals surface area contributed by atoms with Crippen molar-refractivity contribution in [3.63, 3.8) is 0 Å². The van der Waals surface area contributed by atoms with Crippen LogP contribution < -0.4 is 10.5 Å². The molecule has 0 aromatic heterocycles. The molecule has 0 amide bonds. The Labute approximate surface area is 123 Å². The third-order valence-electron chi connectivity index (χ3n) is 2.77. The Kier molecular flexibility index (Phi) is 5.08. The molecule has 2 rings (SSSR count). The molecule has 2 N–H and O–H groups in total. The van der Waals surface area contributed by atoms with Crippen molar-refractivity contribution in [3.05, 3.63) is 63.6 Å². The topological polar surface area (TPSA) is 35.2 Å². The van der Waals surface area contributed by atoms with E-state index in [1.165, 1.54) is 5.56 Å². The van der Waals surface area contributed by atoms with Gasteiger partial charge in [-0.25, -0.2) is 0 Å². The Morgan fingerprint density at radius 2 is 1.63 bits per heavy atom. The molecule has 0 heterocycles. The predicted molar refractivity (Wildman–Crippen MR) is 80.0 cm³/mol. The smallest absolute Gasteiger partial charge is 0.139 e. The van der Waals surface area contributed by atoms with Crippen molar-refractivity contribution in [1.29, 1.82) is 0 Å². The van der Waals surface area contributed by atoms with Gasteiger partial charge >= 0.3 is 0 Å². The number of rotatable bonds is 5. The zero-order valence-corrected chi connectivity index (χ0v) is 11.9. The highest BCUT2D eigenvalue weighted by Gasteiger charge is 2.05. The Bertz CT molecular complexity index is 540. The van der Waals surface area contributed by atoms with E-state index in [9.17, 15) is 0 Å². The minimum Gasteiger partial charge on any atom is -0.487 e. The van der Waals surface area contributed by atoms with Crippen LogP contribution in [0.25, 0.3) is 0 Å². The van der Waals surface area contributed by atoms with E-state index in [1.54, 1.807) is 12.1 Å². The van der Waals surface area contributed by atoms with Crippen molar-refractivity contribution in [1.82, 2.24) is 0 Å². The number of ether oxygens (including phenoxy) is 1. The van der Waals surface area contributed by atoms with Gasteiger partial charge in [0.2, 0.25) is 0 Å². The molecule has 100 valence electrons. The summed E-state index contributed by atoms with van der Waals surface area (Å²) < 4.78 is 5.66. The normalized spacial score (nSPS) is 10.5. The van der Waals surface area contributed by atoms with Gasteiger partial charge in [-0.2, -0.15) is 0 Å². The van der Waals surface area contributed by atoms with E-state index in [-0.39, 0.29) is 0 Å². The summed E-state index contributed by atoms with van der Waals surface area (Å²) in [4.78, 5) is 0. The zero-order chi connectivity index (χ0) is 13.7. The molecular weight excluding hydrogens is 281 g/mol. The van der Waals surface area contributed by atoms with Gasteiger partial charge in [-0.1, -0.05) is 53.5 Å². The SMILES string of the molecule is NCCc1ccc(COc2cccc(Cl)c2Cl)cc1. The average molecular weight is 296 g/mol. The van der Waals surface area contributed by atoms with Crippen LogP contribution in [0.4, 0.5) is 0 Å². The molecule has 0 aliphatic carbocycles. The maximum absolute atomic E-state index is 6.06. The fourth-order valence-electron chi connectivity index (χ4n) is 1.73. The second kappa shape index (κ2) is 6.80. The number of hydrogen-bond donors (Lipinski definition) is 1. The van der Waals surface area contributed by atoms with Crippen molar-refractivity contribution < 1.29 is 4.74 Å². The first kappa shape index (κ1) is 14.2. The van der Waals surface area contributed by atoms with Crippen molar-refractivity contribution >= 4 is 23.2 Å². The summed E-state index contributed by atoms with van der Waals surface area (Å²) in [5.41, 5.74) is 7.82. The molecule has 0 aliphatic rings. The Hall–Kier alpha value is -1.22. The van der Waals surface area contributed by atoms with Gasteiger partial charge in [-0.05, 0) is 36.2 Å². The Balaban J connectivity index is 2.00. The highest BCUT2D eigenvalue weighted by atomic mass is 35.5. The molecule has 0 unspecified atom stereocenters. The lowest BCUT2D eigenvalue weighted by Gasteiger charge is -2.09. The van der Waals surface area contributed by atoms with Crippen LogP contribution in [0, 0.1) is 0 Å². The first-order valence-corrected chi connectivity index (χ1v) is 6.81. The molecule has 0 fully saturated rings. The fraction of sp³-hybridized carbons (Fsp3) is 0.200. The van der Waals surface area contributed by atoms with E-state index in [0.29, 0.717) is 28.9 Å². The summed E-state index contributed by atoms with van der Waals surface area (Å²) in [6, 6.07) is 13.5. The number of hydrogen-bond acceptors (Lipinski definition) is 2. The monoisotopic (exact) mass is 295 g/mol. The summed E-state index contributed by atoms with van der Waals surface area (Å²) in [6.07, 6.45) is 0.890. The van der Waals surface area contributed by atoms with Gasteiger partial charge in [0.05, 0.1) is 5.02 Å². The third-order valence-corrected chi connectivity index (χ3v) is 3.57. The molecule has 2 aromatic rings. The van der Waals surface area contributed by atoms with Gasteiger partial charge < -0.3 is 10.5 Å². The summed E-state index contributed by atoms with van der Waals surface area (Å²) in [5, 5.41) is 0.946. The second-order valence-electron chi connectivity index (χ2n) is 4.20. The van der Waals surface area contributed by atoms with Crippen LogP contribution in [-0.2, 0) is 13.0 Å². The van der Waals surface area contributed by atoms with Crippen LogP contribution >= 0.6 is 23.2 Å². The number of benzene rings is 2. The van der Waals surface area contributed by atoms with E-state index in [2.05, 4.69) is 12.1 Å². The molecule has 0 radical (unpaired) electrons. The first-order valence-electron chi connectivity index (χ1n) is 6.05. The molecule has 4 heteroatoms. The zero-order valence-electron chi connectivity index (χ0n) is 10.4. The third kappa shape index (κ3) is 3.87. The highest BCUT2D eigenvalue weighted by Crippen LogP contribution is 2.31. The van der Waals surface area contributed by atoms with Crippen molar-refractivity contribution in [2.75, 3.05) is 6.54 Å². The molecule has 0 spiro atoms. The van der Waals surface area contributed by atoms with Crippen LogP contribution in [0.2, 0.25) is 10.0 Å². The molecule has 0 aliphatic heterocycles. The minimum atomic E-state index is 0.448. The summed E-state index contributed by atoms with van der Waals surface area (Å²) >= 11 is 12.0. The highest BCUT2D eigenvalue weighted by molar-refractivity contribution is 6.42. The van der Waals surface area contributed by atoms with Gasteiger partial charge in [-0.15, -0.1) is 0 Å². The fourth-order valence-corrected chi connectivity index (χ4v) is 2.07. The summed E-state index contributed by atoms with van der Waals surface area (Å²) in [7, 11) is 0. The van der Waals surface area contributed by atoms with Crippen LogP contribution in [0.3, 0.4) is 0 Å². The molecule has 2 nitrogen and oxygen atoms in total. The Morgan fingerprint density at radius 1 is 0.947 bits per heavy atom. The predicted octanol–water partition coefficient (Wildman–Crippen LogP) is 4.07. The van der Waals surface area contributed by atoms with Crippen molar-refractivity contribution in [2.24, 2.45) is 5.73 Å². The van der Waals surface area contributed by atoms with Crippen LogP contribution in [0.5, 0.6) is 5.75 Å². The molecule has 0 atom stereocenters. The lowest BCUT2D eigenvalue weighted by Crippen LogP contribution is -2.03. The molecule has 19 heavy (non-hydrogen) atoms. The first-order chi connectivity index (χ1) is 9.20. The lowest BCUT2D eigenvalue weighted by atomic mass is 10.1. The molecule has 0 saturated carbocycles. The van der Waals surface area contributed by atoms with E-state index in [4.69, 9.17) is 33.7 Å². The number of nitrogens with two attached hydrogens (primary N) is 1. The largest absolute Gasteiger partial charge is 0.487 e. The van der Waals surface area contributed by atoms with Gasteiger partial charge in [0.15, 0.2) is 0 Å². The van der Waals surface area contributed by atoms with Crippen LogP contribution in [0.15, 0.2) is 42.5 Å². The average Bonchev–Trinajstić information content (AvgIpc) is 2.42. The second-order valence-corrected chi connectivity index (χ2v) is 4.98. The van der Waals surface area contributed by atoms with Gasteiger partial charge in [0.1, 0.15) is 17.4 Å². The molecule has 2 aromatic carbocycles. The maximum Gasteiger partial charge on any atom is 0.139 e. The quantitative estimate of drug-likeness (QED) is 0.902. The van der Waals surface area contributed by atoms with E-state index in [1.807, 2.05) is 18.2 Å². The van der Waals surface area contributed by atoms with Crippen LogP contribution in [-0.4, -0.2) is 6.54 Å². The van der Waals surface area contributed by atoms with Crippen molar-refractivity contribution in [3.8, 4) is 5.75 Å². The standard InChI is InChI=1S/C15H15Cl2NO/c16-13-2-1-3-14(15(13)17)19-10-12-6-4-11(5-7-12)8-9-18/h1-7H,8-10,18H2. The molecule has 0 saturated heterocycles. The number of halogens is 2. The van der Waals surface area contributed by atoms with E-state index < -0.39 is 0 Å². The van der Waals surface area contributed by atoms with Gasteiger partial charge in [0, 0.05) is 0 Å². The maximum atomic E-state index is 6.06. The molecular formula is C15H15Cl2NO. The minimum absolute atomic E-state index is 0.448. The van der Waals surface area contributed by atoms with Crippen LogP contribution in [0.1, 0.15) is 11.1 Å². The lowest BCUT2D eigenvalue weighted by molar-refractivity contribution is 0.306. The van der Waals surface area contributed by atoms with Gasteiger partial charge in [-0.3, -0.25) is 0 Å². The Morgan fingerprint density at radius 3 is 2.32 bits per heavy atom. The van der Waals surface area contributed by atoms with Crippen molar-refractivity contribution in [2.45, 2.75) is 13.0 Å². The summed E-state index contributed by atoms with van der Waals surface area (Å²) in [5.74, 6) is 0.597. The van der Waals surface area contributed by atoms with E-state index in [0.717, 1.165) is 12.0 Å².